The molecule has 160 valence electrons. The topological polar surface area (TPSA) is 208 Å². The SMILES string of the molecule is CC(NC(=O)C(NC(=O)C(N)C(C)O)C(C)C)C(=O)NC(CC(=O)O)C(=O)O. The van der Waals surface area contributed by atoms with E-state index in [-0.39, 0.29) is 5.92 Å². The van der Waals surface area contributed by atoms with Crippen LogP contribution in [0.25, 0.3) is 0 Å². The van der Waals surface area contributed by atoms with Gasteiger partial charge in [-0.05, 0) is 19.8 Å². The fraction of sp³-hybridized carbons (Fsp3) is 0.688. The van der Waals surface area contributed by atoms with Gasteiger partial charge in [-0.2, -0.15) is 0 Å². The maximum atomic E-state index is 12.4. The Labute approximate surface area is 161 Å². The molecule has 0 spiro atoms. The molecular formula is C16H28N4O8. The highest BCUT2D eigenvalue weighted by atomic mass is 16.4. The first-order chi connectivity index (χ1) is 12.8. The first-order valence-electron chi connectivity index (χ1n) is 8.57. The second-order valence-corrected chi connectivity index (χ2v) is 6.72. The maximum Gasteiger partial charge on any atom is 0.326 e. The average Bonchev–Trinajstić information content (AvgIpc) is 2.56. The molecule has 0 saturated heterocycles. The molecule has 0 fully saturated rings. The molecule has 12 nitrogen and oxygen atoms in total. The number of hydrogen-bond donors (Lipinski definition) is 7. The van der Waals surface area contributed by atoms with Crippen LogP contribution in [-0.4, -0.2) is 75.3 Å². The lowest BCUT2D eigenvalue weighted by molar-refractivity contribution is -0.147. The number of carbonyl (C=O) groups excluding carboxylic acids is 3. The van der Waals surface area contributed by atoms with Crippen molar-refractivity contribution in [3.05, 3.63) is 0 Å². The Balaban J connectivity index is 5.01. The van der Waals surface area contributed by atoms with E-state index in [1.165, 1.54) is 13.8 Å². The third kappa shape index (κ3) is 8.31. The summed E-state index contributed by atoms with van der Waals surface area (Å²) in [5, 5.41) is 33.7. The molecule has 28 heavy (non-hydrogen) atoms. The highest BCUT2D eigenvalue weighted by Gasteiger charge is 2.31. The van der Waals surface area contributed by atoms with Crippen LogP contribution in [0.3, 0.4) is 0 Å². The van der Waals surface area contributed by atoms with Crippen LogP contribution in [0.15, 0.2) is 0 Å². The van der Waals surface area contributed by atoms with Crippen molar-refractivity contribution < 1.29 is 39.3 Å². The summed E-state index contributed by atoms with van der Waals surface area (Å²) < 4.78 is 0. The van der Waals surface area contributed by atoms with Crippen molar-refractivity contribution in [2.45, 2.75) is 64.4 Å². The number of amides is 3. The predicted molar refractivity (Wildman–Crippen MR) is 95.8 cm³/mol. The summed E-state index contributed by atoms with van der Waals surface area (Å²) in [6.07, 6.45) is -1.97. The molecule has 0 aromatic heterocycles. The molecule has 5 unspecified atom stereocenters. The molecule has 3 amide bonds. The lowest BCUT2D eigenvalue weighted by atomic mass is 10.0. The van der Waals surface area contributed by atoms with Gasteiger partial charge in [-0.3, -0.25) is 19.2 Å². The van der Waals surface area contributed by atoms with Crippen LogP contribution in [-0.2, 0) is 24.0 Å². The monoisotopic (exact) mass is 404 g/mol. The summed E-state index contributed by atoms with van der Waals surface area (Å²) in [7, 11) is 0. The molecule has 0 bridgehead atoms. The van der Waals surface area contributed by atoms with E-state index in [4.69, 9.17) is 15.9 Å². The second-order valence-electron chi connectivity index (χ2n) is 6.72. The lowest BCUT2D eigenvalue weighted by Crippen LogP contribution is -2.58. The Bertz CT molecular complexity index is 607. The molecule has 0 radical (unpaired) electrons. The number of aliphatic hydroxyl groups excluding tert-OH is 1. The number of nitrogens with one attached hydrogen (secondary N) is 3. The standard InChI is InChI=1S/C16H28N4O8/c1-6(2)12(20-14(25)11(17)8(4)21)15(26)18-7(3)13(24)19-9(16(27)28)5-10(22)23/h6-9,11-12,21H,5,17H2,1-4H3,(H,18,26)(H,19,24)(H,20,25)(H,22,23)(H,27,28). The van der Waals surface area contributed by atoms with Gasteiger partial charge >= 0.3 is 11.9 Å². The zero-order valence-corrected chi connectivity index (χ0v) is 16.1. The minimum absolute atomic E-state index is 0.390. The summed E-state index contributed by atoms with van der Waals surface area (Å²) >= 11 is 0. The highest BCUT2D eigenvalue weighted by Crippen LogP contribution is 2.04. The molecule has 5 atom stereocenters. The van der Waals surface area contributed by atoms with Crippen LogP contribution in [0.5, 0.6) is 0 Å². The van der Waals surface area contributed by atoms with Gasteiger partial charge in [0.05, 0.1) is 12.5 Å². The van der Waals surface area contributed by atoms with Crippen molar-refractivity contribution >= 4 is 29.7 Å². The van der Waals surface area contributed by atoms with Crippen LogP contribution >= 0.6 is 0 Å². The minimum Gasteiger partial charge on any atom is -0.481 e. The summed E-state index contributed by atoms with van der Waals surface area (Å²) in [6.45, 7) is 5.86. The van der Waals surface area contributed by atoms with Gasteiger partial charge in [0.25, 0.3) is 0 Å². The first-order valence-corrected chi connectivity index (χ1v) is 8.57. The van der Waals surface area contributed by atoms with Crippen LogP contribution in [0.4, 0.5) is 0 Å². The van der Waals surface area contributed by atoms with Crippen molar-refractivity contribution in [3.8, 4) is 0 Å². The first kappa shape index (κ1) is 25.3. The fourth-order valence-corrected chi connectivity index (χ4v) is 2.04. The average molecular weight is 404 g/mol. The van der Waals surface area contributed by atoms with E-state index >= 15 is 0 Å². The van der Waals surface area contributed by atoms with E-state index in [1.807, 2.05) is 5.32 Å². The molecule has 0 heterocycles. The summed E-state index contributed by atoms with van der Waals surface area (Å²) in [5.74, 6) is -5.73. The third-order valence-electron chi connectivity index (χ3n) is 3.81. The van der Waals surface area contributed by atoms with E-state index in [9.17, 15) is 29.1 Å². The van der Waals surface area contributed by atoms with Crippen molar-refractivity contribution in [3.63, 3.8) is 0 Å². The highest BCUT2D eigenvalue weighted by molar-refractivity contribution is 5.94. The van der Waals surface area contributed by atoms with E-state index < -0.39 is 66.4 Å². The zero-order chi connectivity index (χ0) is 22.2. The van der Waals surface area contributed by atoms with Gasteiger partial charge in [0.15, 0.2) is 0 Å². The Hall–Kier alpha value is -2.73. The van der Waals surface area contributed by atoms with Crippen LogP contribution in [0.1, 0.15) is 34.1 Å². The quantitative estimate of drug-likeness (QED) is 0.192. The molecule has 0 rings (SSSR count). The van der Waals surface area contributed by atoms with Crippen molar-refractivity contribution in [2.75, 3.05) is 0 Å². The molecule has 0 aliphatic heterocycles. The van der Waals surface area contributed by atoms with Crippen molar-refractivity contribution in [1.82, 2.24) is 16.0 Å². The fourth-order valence-electron chi connectivity index (χ4n) is 2.04. The van der Waals surface area contributed by atoms with Crippen LogP contribution < -0.4 is 21.7 Å². The smallest absolute Gasteiger partial charge is 0.326 e. The summed E-state index contributed by atoms with van der Waals surface area (Å²) in [4.78, 5) is 58.1. The van der Waals surface area contributed by atoms with Crippen molar-refractivity contribution in [1.29, 1.82) is 0 Å². The molecule has 8 N–H and O–H groups in total. The number of rotatable bonds is 11. The molecule has 0 aromatic rings. The van der Waals surface area contributed by atoms with E-state index in [2.05, 4.69) is 10.6 Å². The zero-order valence-electron chi connectivity index (χ0n) is 16.1. The Kier molecular flexibility index (Phi) is 10.1. The van der Waals surface area contributed by atoms with E-state index in [0.29, 0.717) is 0 Å². The number of aliphatic carboxylic acids is 2. The number of carboxylic acid groups (broad SMARTS) is 2. The Morgan fingerprint density at radius 3 is 1.79 bits per heavy atom. The van der Waals surface area contributed by atoms with Gasteiger partial charge < -0.3 is 37.0 Å². The molecule has 12 heteroatoms. The largest absolute Gasteiger partial charge is 0.481 e. The Morgan fingerprint density at radius 1 is 0.857 bits per heavy atom. The van der Waals surface area contributed by atoms with Gasteiger partial charge in [-0.1, -0.05) is 13.8 Å². The number of carbonyl (C=O) groups is 5. The molecular weight excluding hydrogens is 376 g/mol. The van der Waals surface area contributed by atoms with E-state index in [0.717, 1.165) is 0 Å². The van der Waals surface area contributed by atoms with Crippen LogP contribution in [0.2, 0.25) is 0 Å². The molecule has 0 aliphatic carbocycles. The number of carboxylic acids is 2. The van der Waals surface area contributed by atoms with Gasteiger partial charge in [-0.15, -0.1) is 0 Å². The van der Waals surface area contributed by atoms with E-state index in [1.54, 1.807) is 13.8 Å². The Morgan fingerprint density at radius 2 is 1.39 bits per heavy atom. The van der Waals surface area contributed by atoms with Gasteiger partial charge in [0.1, 0.15) is 24.2 Å². The predicted octanol–water partition coefficient (Wildman–Crippen LogP) is -2.62. The molecule has 0 aliphatic rings. The second kappa shape index (κ2) is 11.2. The van der Waals surface area contributed by atoms with Gasteiger partial charge in [-0.25, -0.2) is 4.79 Å². The number of hydrogen-bond acceptors (Lipinski definition) is 7. The number of nitrogens with two attached hydrogens (primary N) is 1. The lowest BCUT2D eigenvalue weighted by Gasteiger charge is -2.26. The minimum atomic E-state index is -1.66. The van der Waals surface area contributed by atoms with Gasteiger partial charge in [0.2, 0.25) is 17.7 Å². The normalized spacial score (nSPS) is 16.2. The third-order valence-corrected chi connectivity index (χ3v) is 3.81. The number of aliphatic hydroxyl groups is 1. The van der Waals surface area contributed by atoms with Crippen molar-refractivity contribution in [2.24, 2.45) is 11.7 Å². The molecule has 0 aromatic carbocycles. The van der Waals surface area contributed by atoms with Gasteiger partial charge in [0, 0.05) is 0 Å². The summed E-state index contributed by atoms with van der Waals surface area (Å²) in [5.41, 5.74) is 5.52. The molecule has 0 saturated carbocycles. The van der Waals surface area contributed by atoms with Crippen LogP contribution in [0, 0.1) is 5.92 Å². The maximum absolute atomic E-state index is 12.4. The summed E-state index contributed by atoms with van der Waals surface area (Å²) in [6, 6.07) is -5.18.